The van der Waals surface area contributed by atoms with E-state index in [2.05, 4.69) is 5.32 Å². The van der Waals surface area contributed by atoms with Gasteiger partial charge in [-0.1, -0.05) is 6.92 Å². The molecule has 0 radical (unpaired) electrons. The zero-order valence-electron chi connectivity index (χ0n) is 8.43. The molecule has 0 spiro atoms. The zero-order valence-corrected chi connectivity index (χ0v) is 8.43. The van der Waals surface area contributed by atoms with E-state index in [1.807, 2.05) is 6.92 Å². The molecule has 0 heterocycles. The molecule has 1 aromatic carbocycles. The van der Waals surface area contributed by atoms with Crippen LogP contribution in [0.4, 0.5) is 4.39 Å². The molecule has 2 nitrogen and oxygen atoms in total. The second kappa shape index (κ2) is 4.74. The zero-order chi connectivity index (χ0) is 10.6. The highest BCUT2D eigenvalue weighted by Gasteiger charge is 2.07. The van der Waals surface area contributed by atoms with Crippen molar-refractivity contribution in [3.8, 4) is 0 Å². The fourth-order valence-electron chi connectivity index (χ4n) is 1.22. The van der Waals surface area contributed by atoms with Crippen molar-refractivity contribution in [3.63, 3.8) is 0 Å². The SMILES string of the molecule is CCCNC(=O)c1ccc(F)cc1C. The van der Waals surface area contributed by atoms with E-state index in [-0.39, 0.29) is 11.7 Å². The molecule has 0 unspecified atom stereocenters. The van der Waals surface area contributed by atoms with Crippen molar-refractivity contribution in [2.24, 2.45) is 0 Å². The molecule has 0 aliphatic carbocycles. The average molecular weight is 195 g/mol. The molecule has 1 aromatic rings. The summed E-state index contributed by atoms with van der Waals surface area (Å²) in [5.74, 6) is -0.445. The summed E-state index contributed by atoms with van der Waals surface area (Å²) in [4.78, 5) is 11.5. The van der Waals surface area contributed by atoms with Crippen LogP contribution in [0.5, 0.6) is 0 Å². The van der Waals surface area contributed by atoms with Crippen molar-refractivity contribution < 1.29 is 9.18 Å². The van der Waals surface area contributed by atoms with Crippen LogP contribution >= 0.6 is 0 Å². The maximum absolute atomic E-state index is 12.7. The number of carbonyl (C=O) groups is 1. The van der Waals surface area contributed by atoms with Gasteiger partial charge in [0.1, 0.15) is 5.82 Å². The maximum atomic E-state index is 12.7. The van der Waals surface area contributed by atoms with E-state index >= 15 is 0 Å². The molecule has 0 aliphatic rings. The summed E-state index contributed by atoms with van der Waals surface area (Å²) >= 11 is 0. The van der Waals surface area contributed by atoms with Gasteiger partial charge >= 0.3 is 0 Å². The minimum absolute atomic E-state index is 0.135. The smallest absolute Gasteiger partial charge is 0.251 e. The normalized spacial score (nSPS) is 9.93. The van der Waals surface area contributed by atoms with E-state index in [0.717, 1.165) is 6.42 Å². The molecule has 1 rings (SSSR count). The fourth-order valence-corrected chi connectivity index (χ4v) is 1.22. The number of amides is 1. The molecular weight excluding hydrogens is 181 g/mol. The standard InChI is InChI=1S/C11H14FNO/c1-3-6-13-11(14)10-5-4-9(12)7-8(10)2/h4-5,7H,3,6H2,1-2H3,(H,13,14). The monoisotopic (exact) mass is 195 g/mol. The van der Waals surface area contributed by atoms with E-state index in [4.69, 9.17) is 0 Å². The number of carbonyl (C=O) groups excluding carboxylic acids is 1. The summed E-state index contributed by atoms with van der Waals surface area (Å²) < 4.78 is 12.7. The van der Waals surface area contributed by atoms with Crippen molar-refractivity contribution in [1.29, 1.82) is 0 Å². The molecule has 0 aromatic heterocycles. The van der Waals surface area contributed by atoms with Crippen LogP contribution in [-0.4, -0.2) is 12.5 Å². The Bertz CT molecular complexity index is 336. The summed E-state index contributed by atoms with van der Waals surface area (Å²) in [6.07, 6.45) is 0.895. The highest BCUT2D eigenvalue weighted by molar-refractivity contribution is 5.95. The molecule has 0 saturated carbocycles. The van der Waals surface area contributed by atoms with Crippen LogP contribution in [0, 0.1) is 12.7 Å². The second-order valence-corrected chi connectivity index (χ2v) is 3.22. The molecule has 3 heteroatoms. The Morgan fingerprint density at radius 2 is 2.21 bits per heavy atom. The van der Waals surface area contributed by atoms with Crippen LogP contribution in [0.15, 0.2) is 18.2 Å². The number of hydrogen-bond acceptors (Lipinski definition) is 1. The largest absolute Gasteiger partial charge is 0.352 e. The van der Waals surface area contributed by atoms with Gasteiger partial charge in [0.05, 0.1) is 0 Å². The van der Waals surface area contributed by atoms with Crippen molar-refractivity contribution in [1.82, 2.24) is 5.32 Å². The van der Waals surface area contributed by atoms with Gasteiger partial charge in [0, 0.05) is 12.1 Å². The maximum Gasteiger partial charge on any atom is 0.251 e. The molecule has 14 heavy (non-hydrogen) atoms. The molecule has 0 bridgehead atoms. The van der Waals surface area contributed by atoms with Gasteiger partial charge in [-0.2, -0.15) is 0 Å². The van der Waals surface area contributed by atoms with E-state index in [9.17, 15) is 9.18 Å². The third-order valence-electron chi connectivity index (χ3n) is 1.97. The third kappa shape index (κ3) is 2.55. The Balaban J connectivity index is 2.80. The summed E-state index contributed by atoms with van der Waals surface area (Å²) in [5.41, 5.74) is 1.21. The predicted molar refractivity (Wildman–Crippen MR) is 53.8 cm³/mol. The van der Waals surface area contributed by atoms with Crippen molar-refractivity contribution in [2.75, 3.05) is 6.54 Å². The number of aryl methyl sites for hydroxylation is 1. The van der Waals surface area contributed by atoms with Crippen LogP contribution in [-0.2, 0) is 0 Å². The van der Waals surface area contributed by atoms with Crippen molar-refractivity contribution in [2.45, 2.75) is 20.3 Å². The first kappa shape index (κ1) is 10.7. The molecule has 1 N–H and O–H groups in total. The lowest BCUT2D eigenvalue weighted by molar-refractivity contribution is 0.0953. The third-order valence-corrected chi connectivity index (χ3v) is 1.97. The van der Waals surface area contributed by atoms with Crippen molar-refractivity contribution >= 4 is 5.91 Å². The van der Waals surface area contributed by atoms with E-state index in [0.29, 0.717) is 17.7 Å². The molecular formula is C11H14FNO. The van der Waals surface area contributed by atoms with Crippen LogP contribution in [0.3, 0.4) is 0 Å². The van der Waals surface area contributed by atoms with Crippen LogP contribution in [0.1, 0.15) is 29.3 Å². The molecule has 0 fully saturated rings. The van der Waals surface area contributed by atoms with E-state index in [1.165, 1.54) is 18.2 Å². The molecule has 0 saturated heterocycles. The van der Waals surface area contributed by atoms with Crippen LogP contribution in [0.25, 0.3) is 0 Å². The van der Waals surface area contributed by atoms with Gasteiger partial charge in [-0.15, -0.1) is 0 Å². The van der Waals surface area contributed by atoms with Crippen LogP contribution in [0.2, 0.25) is 0 Å². The lowest BCUT2D eigenvalue weighted by Gasteiger charge is -2.06. The Labute approximate surface area is 83.1 Å². The summed E-state index contributed by atoms with van der Waals surface area (Å²) in [6.45, 7) is 4.36. The summed E-state index contributed by atoms with van der Waals surface area (Å²) in [6, 6.07) is 4.17. The summed E-state index contributed by atoms with van der Waals surface area (Å²) in [5, 5.41) is 2.75. The lowest BCUT2D eigenvalue weighted by atomic mass is 10.1. The number of nitrogens with one attached hydrogen (secondary N) is 1. The van der Waals surface area contributed by atoms with Gasteiger partial charge in [0.25, 0.3) is 5.91 Å². The highest BCUT2D eigenvalue weighted by Crippen LogP contribution is 2.09. The van der Waals surface area contributed by atoms with Gasteiger partial charge in [-0.05, 0) is 37.1 Å². The van der Waals surface area contributed by atoms with Crippen LogP contribution < -0.4 is 5.32 Å². The van der Waals surface area contributed by atoms with Gasteiger partial charge < -0.3 is 5.32 Å². The fraction of sp³-hybridized carbons (Fsp3) is 0.364. The highest BCUT2D eigenvalue weighted by atomic mass is 19.1. The molecule has 0 aliphatic heterocycles. The molecule has 1 amide bonds. The minimum atomic E-state index is -0.311. The Morgan fingerprint density at radius 1 is 1.50 bits per heavy atom. The van der Waals surface area contributed by atoms with Gasteiger partial charge in [-0.25, -0.2) is 4.39 Å². The molecule has 76 valence electrons. The average Bonchev–Trinajstić information content (AvgIpc) is 2.14. The van der Waals surface area contributed by atoms with Gasteiger partial charge in [-0.3, -0.25) is 4.79 Å². The first-order chi connectivity index (χ1) is 6.65. The van der Waals surface area contributed by atoms with Gasteiger partial charge in [0.2, 0.25) is 0 Å². The van der Waals surface area contributed by atoms with E-state index in [1.54, 1.807) is 6.92 Å². The van der Waals surface area contributed by atoms with E-state index < -0.39 is 0 Å². The number of benzene rings is 1. The predicted octanol–water partition coefficient (Wildman–Crippen LogP) is 2.27. The second-order valence-electron chi connectivity index (χ2n) is 3.22. The first-order valence-electron chi connectivity index (χ1n) is 4.69. The Kier molecular flexibility index (Phi) is 3.63. The first-order valence-corrected chi connectivity index (χ1v) is 4.69. The lowest BCUT2D eigenvalue weighted by Crippen LogP contribution is -2.24. The number of halogens is 1. The number of rotatable bonds is 3. The Morgan fingerprint density at radius 3 is 2.79 bits per heavy atom. The minimum Gasteiger partial charge on any atom is -0.352 e. The number of hydrogen-bond donors (Lipinski definition) is 1. The summed E-state index contributed by atoms with van der Waals surface area (Å²) in [7, 11) is 0. The van der Waals surface area contributed by atoms with Gasteiger partial charge in [0.15, 0.2) is 0 Å². The van der Waals surface area contributed by atoms with Crippen molar-refractivity contribution in [3.05, 3.63) is 35.1 Å². The Hall–Kier alpha value is -1.38. The molecule has 0 atom stereocenters. The quantitative estimate of drug-likeness (QED) is 0.787. The topological polar surface area (TPSA) is 29.1 Å².